The lowest BCUT2D eigenvalue weighted by atomic mass is 10.1. The smallest absolute Gasteiger partial charge is 0.289 e. The van der Waals surface area contributed by atoms with E-state index in [1.165, 1.54) is 23.0 Å². The molecule has 0 spiro atoms. The van der Waals surface area contributed by atoms with Crippen molar-refractivity contribution >= 4 is 11.7 Å². The second-order valence-electron chi connectivity index (χ2n) is 4.02. The lowest BCUT2D eigenvalue weighted by Gasteiger charge is -2.15. The Hall–Kier alpha value is -1.64. The van der Waals surface area contributed by atoms with Gasteiger partial charge in [-0.15, -0.1) is 0 Å². The van der Waals surface area contributed by atoms with Crippen LogP contribution < -0.4 is 0 Å². The second kappa shape index (κ2) is 5.45. The van der Waals surface area contributed by atoms with Crippen LogP contribution in [0.1, 0.15) is 18.1 Å². The van der Waals surface area contributed by atoms with Gasteiger partial charge in [-0.3, -0.25) is 9.59 Å². The number of Topliss-reactive ketones (excluding diaryl/α,β-unsaturated/α-hetero) is 1. The van der Waals surface area contributed by atoms with E-state index in [1.54, 1.807) is 7.05 Å². The lowest BCUT2D eigenvalue weighted by Crippen LogP contribution is -2.33. The van der Waals surface area contributed by atoms with Crippen LogP contribution in [0.15, 0.2) is 24.3 Å². The Morgan fingerprint density at radius 1 is 1.19 bits per heavy atom. The van der Waals surface area contributed by atoms with Gasteiger partial charge in [0.1, 0.15) is 0 Å². The molecule has 0 aromatic heterocycles. The minimum atomic E-state index is -0.424. The number of hydrogen-bond donors (Lipinski definition) is 0. The molecular weight excluding hydrogens is 202 g/mol. The molecule has 1 amide bonds. The molecule has 0 bridgehead atoms. The number of aryl methyl sites for hydroxylation is 1. The van der Waals surface area contributed by atoms with Gasteiger partial charge in [0.05, 0.1) is 0 Å². The van der Waals surface area contributed by atoms with E-state index in [4.69, 9.17) is 0 Å². The van der Waals surface area contributed by atoms with Gasteiger partial charge < -0.3 is 4.90 Å². The van der Waals surface area contributed by atoms with E-state index in [9.17, 15) is 9.59 Å². The van der Waals surface area contributed by atoms with Crippen LogP contribution in [-0.4, -0.2) is 30.2 Å². The molecule has 86 valence electrons. The first-order valence-corrected chi connectivity index (χ1v) is 5.32. The number of rotatable bonds is 4. The molecule has 1 rings (SSSR count). The predicted octanol–water partition coefficient (Wildman–Crippen LogP) is 1.58. The van der Waals surface area contributed by atoms with Crippen LogP contribution >= 0.6 is 0 Å². The highest BCUT2D eigenvalue weighted by Gasteiger charge is 2.12. The van der Waals surface area contributed by atoms with E-state index in [-0.39, 0.29) is 0 Å². The van der Waals surface area contributed by atoms with Crippen molar-refractivity contribution in [2.24, 2.45) is 0 Å². The minimum Gasteiger partial charge on any atom is -0.339 e. The number of likely N-dealkylation sites (N-methyl/N-ethyl adjacent to an activating group) is 1. The number of ketones is 1. The van der Waals surface area contributed by atoms with Gasteiger partial charge in [-0.25, -0.2) is 0 Å². The number of hydrogen-bond acceptors (Lipinski definition) is 2. The van der Waals surface area contributed by atoms with E-state index >= 15 is 0 Å². The topological polar surface area (TPSA) is 37.4 Å². The van der Waals surface area contributed by atoms with Gasteiger partial charge in [-0.2, -0.15) is 0 Å². The lowest BCUT2D eigenvalue weighted by molar-refractivity contribution is -0.142. The second-order valence-corrected chi connectivity index (χ2v) is 4.02. The van der Waals surface area contributed by atoms with Crippen LogP contribution in [0.4, 0.5) is 0 Å². The average Bonchev–Trinajstić information content (AvgIpc) is 2.26. The molecule has 1 aromatic rings. The third-order valence-corrected chi connectivity index (χ3v) is 2.50. The number of carbonyl (C=O) groups is 2. The van der Waals surface area contributed by atoms with Crippen molar-refractivity contribution in [3.05, 3.63) is 35.4 Å². The van der Waals surface area contributed by atoms with Gasteiger partial charge in [0.2, 0.25) is 5.78 Å². The Kier molecular flexibility index (Phi) is 4.23. The van der Waals surface area contributed by atoms with Crippen molar-refractivity contribution < 1.29 is 9.59 Å². The van der Waals surface area contributed by atoms with E-state index in [1.807, 2.05) is 31.2 Å². The molecule has 3 heteroatoms. The highest BCUT2D eigenvalue weighted by Crippen LogP contribution is 2.04. The molecule has 0 saturated heterocycles. The third kappa shape index (κ3) is 3.50. The summed E-state index contributed by atoms with van der Waals surface area (Å²) in [7, 11) is 1.65. The van der Waals surface area contributed by atoms with Gasteiger partial charge in [0.15, 0.2) is 0 Å². The Morgan fingerprint density at radius 3 is 2.25 bits per heavy atom. The van der Waals surface area contributed by atoms with E-state index < -0.39 is 11.7 Å². The fourth-order valence-electron chi connectivity index (χ4n) is 1.42. The molecule has 0 heterocycles. The van der Waals surface area contributed by atoms with E-state index in [0.29, 0.717) is 6.54 Å². The van der Waals surface area contributed by atoms with Crippen LogP contribution in [0.2, 0.25) is 0 Å². The number of amides is 1. The summed E-state index contributed by atoms with van der Waals surface area (Å²) in [5, 5.41) is 0. The number of nitrogens with zero attached hydrogens (tertiary/aromatic N) is 1. The SMILES string of the molecule is CC(=O)C(=O)N(C)CCc1ccc(C)cc1. The van der Waals surface area contributed by atoms with Crippen molar-refractivity contribution in [1.29, 1.82) is 0 Å². The summed E-state index contributed by atoms with van der Waals surface area (Å²) in [4.78, 5) is 23.6. The molecule has 0 aliphatic rings. The summed E-state index contributed by atoms with van der Waals surface area (Å²) < 4.78 is 0. The van der Waals surface area contributed by atoms with Crippen LogP contribution in [0.5, 0.6) is 0 Å². The first kappa shape index (κ1) is 12.4. The zero-order valence-electron chi connectivity index (χ0n) is 9.99. The van der Waals surface area contributed by atoms with Gasteiger partial charge >= 0.3 is 0 Å². The first-order valence-electron chi connectivity index (χ1n) is 5.32. The van der Waals surface area contributed by atoms with E-state index in [2.05, 4.69) is 0 Å². The van der Waals surface area contributed by atoms with Crippen molar-refractivity contribution in [3.8, 4) is 0 Å². The summed E-state index contributed by atoms with van der Waals surface area (Å²) >= 11 is 0. The molecule has 0 saturated carbocycles. The summed E-state index contributed by atoms with van der Waals surface area (Å²) in [6.07, 6.45) is 0.774. The highest BCUT2D eigenvalue weighted by atomic mass is 16.2. The largest absolute Gasteiger partial charge is 0.339 e. The van der Waals surface area contributed by atoms with Gasteiger partial charge in [-0.1, -0.05) is 29.8 Å². The Morgan fingerprint density at radius 2 is 1.75 bits per heavy atom. The molecule has 0 atom stereocenters. The van der Waals surface area contributed by atoms with Crippen LogP contribution in [0, 0.1) is 6.92 Å². The summed E-state index contributed by atoms with van der Waals surface area (Å²) in [6, 6.07) is 8.17. The fraction of sp³-hybridized carbons (Fsp3) is 0.385. The number of benzene rings is 1. The van der Waals surface area contributed by atoms with Gasteiger partial charge in [0.25, 0.3) is 5.91 Å². The highest BCUT2D eigenvalue weighted by molar-refractivity contribution is 6.34. The summed E-state index contributed by atoms with van der Waals surface area (Å²) in [5.41, 5.74) is 2.39. The molecule has 0 aliphatic heterocycles. The summed E-state index contributed by atoms with van der Waals surface area (Å²) in [5.74, 6) is -0.835. The van der Waals surface area contributed by atoms with Crippen molar-refractivity contribution in [3.63, 3.8) is 0 Å². The minimum absolute atomic E-state index is 0.411. The molecule has 0 N–H and O–H groups in total. The van der Waals surface area contributed by atoms with Crippen LogP contribution in [0.25, 0.3) is 0 Å². The average molecular weight is 219 g/mol. The number of carbonyl (C=O) groups excluding carboxylic acids is 2. The monoisotopic (exact) mass is 219 g/mol. The zero-order valence-corrected chi connectivity index (χ0v) is 9.99. The van der Waals surface area contributed by atoms with Crippen molar-refractivity contribution in [2.45, 2.75) is 20.3 Å². The molecule has 16 heavy (non-hydrogen) atoms. The molecule has 0 unspecified atom stereocenters. The van der Waals surface area contributed by atoms with Gasteiger partial charge in [-0.05, 0) is 18.9 Å². The maximum absolute atomic E-state index is 11.3. The third-order valence-electron chi connectivity index (χ3n) is 2.50. The van der Waals surface area contributed by atoms with E-state index in [0.717, 1.165) is 6.42 Å². The Labute approximate surface area is 96.1 Å². The molecular formula is C13H17NO2. The maximum Gasteiger partial charge on any atom is 0.289 e. The van der Waals surface area contributed by atoms with Gasteiger partial charge in [0, 0.05) is 20.5 Å². The Balaban J connectivity index is 2.48. The predicted molar refractivity (Wildman–Crippen MR) is 63.2 cm³/mol. The fourth-order valence-corrected chi connectivity index (χ4v) is 1.42. The standard InChI is InChI=1S/C13H17NO2/c1-10-4-6-12(7-5-10)8-9-14(3)13(16)11(2)15/h4-7H,8-9H2,1-3H3. The summed E-state index contributed by atoms with van der Waals surface area (Å²) in [6.45, 7) is 3.90. The van der Waals surface area contributed by atoms with Crippen molar-refractivity contribution in [1.82, 2.24) is 4.90 Å². The first-order chi connectivity index (χ1) is 7.50. The molecule has 0 fully saturated rings. The molecule has 0 radical (unpaired) electrons. The maximum atomic E-state index is 11.3. The molecule has 0 aliphatic carbocycles. The van der Waals surface area contributed by atoms with Crippen LogP contribution in [0.3, 0.4) is 0 Å². The van der Waals surface area contributed by atoms with Crippen LogP contribution in [-0.2, 0) is 16.0 Å². The molecule has 1 aromatic carbocycles. The quantitative estimate of drug-likeness (QED) is 0.721. The molecule has 3 nitrogen and oxygen atoms in total. The Bertz CT molecular complexity index is 381. The van der Waals surface area contributed by atoms with Crippen molar-refractivity contribution in [2.75, 3.05) is 13.6 Å². The zero-order chi connectivity index (χ0) is 12.1. The normalized spacial score (nSPS) is 9.94.